The molecule has 0 saturated heterocycles. The van der Waals surface area contributed by atoms with Crippen molar-refractivity contribution in [3.05, 3.63) is 12.1 Å². The minimum Gasteiger partial charge on any atom is -0.504 e. The van der Waals surface area contributed by atoms with Crippen molar-refractivity contribution in [2.75, 3.05) is 0 Å². The highest BCUT2D eigenvalue weighted by atomic mass is 28.3. The van der Waals surface area contributed by atoms with Crippen molar-refractivity contribution in [3.63, 3.8) is 0 Å². The van der Waals surface area contributed by atoms with Crippen LogP contribution < -0.4 is 10.4 Å². The Morgan fingerprint density at radius 3 is 0.786 bits per heavy atom. The SMILES string of the molecule is CC(C)[Si](c1ccc([Si](C(C)C)(C(C)C)C(C)C)c(O)c1O)(C(C)C)C(C)C. The molecule has 1 aromatic rings. The number of hydrogen-bond donors (Lipinski definition) is 2. The summed E-state index contributed by atoms with van der Waals surface area (Å²) in [6.07, 6.45) is 0. The quantitative estimate of drug-likeness (QED) is 0.354. The Bertz CT molecular complexity index is 560. The van der Waals surface area contributed by atoms with E-state index in [1.807, 2.05) is 0 Å². The van der Waals surface area contributed by atoms with Crippen LogP contribution in [0.25, 0.3) is 0 Å². The van der Waals surface area contributed by atoms with Gasteiger partial charge in [-0.2, -0.15) is 0 Å². The normalized spacial score (nSPS) is 13.8. The van der Waals surface area contributed by atoms with Crippen molar-refractivity contribution >= 4 is 26.5 Å². The molecule has 4 heteroatoms. The highest BCUT2D eigenvalue weighted by molar-refractivity contribution is 6.97. The number of benzene rings is 1. The smallest absolute Gasteiger partial charge is 0.156 e. The second kappa shape index (κ2) is 8.95. The fraction of sp³-hybridized carbons (Fsp3) is 0.750. The fourth-order valence-corrected chi connectivity index (χ4v) is 20.7. The summed E-state index contributed by atoms with van der Waals surface area (Å²) in [5, 5.41) is 24.9. The Hall–Kier alpha value is -0.746. The molecule has 0 aliphatic carbocycles. The van der Waals surface area contributed by atoms with Gasteiger partial charge in [0.15, 0.2) is 11.5 Å². The van der Waals surface area contributed by atoms with Crippen LogP contribution in [0, 0.1) is 0 Å². The molecule has 0 radical (unpaired) electrons. The molecule has 0 unspecified atom stereocenters. The molecule has 0 heterocycles. The summed E-state index contributed by atoms with van der Waals surface area (Å²) in [4.78, 5) is 0. The number of phenolic OH excluding ortho intramolecular Hbond substituents is 2. The van der Waals surface area contributed by atoms with Crippen LogP contribution >= 0.6 is 0 Å². The molecular weight excluding hydrogens is 376 g/mol. The average molecular weight is 423 g/mol. The summed E-state index contributed by atoms with van der Waals surface area (Å²) in [6, 6.07) is 4.40. The highest BCUT2D eigenvalue weighted by Gasteiger charge is 2.50. The van der Waals surface area contributed by atoms with Crippen LogP contribution in [-0.4, -0.2) is 26.4 Å². The average Bonchev–Trinajstić information content (AvgIpc) is 2.52. The lowest BCUT2D eigenvalue weighted by atomic mass is 10.3. The van der Waals surface area contributed by atoms with Gasteiger partial charge in [0, 0.05) is 0 Å². The van der Waals surface area contributed by atoms with Crippen LogP contribution in [0.2, 0.25) is 33.2 Å². The number of rotatable bonds is 8. The number of aromatic hydroxyl groups is 2. The van der Waals surface area contributed by atoms with Gasteiger partial charge in [0.2, 0.25) is 0 Å². The zero-order valence-corrected chi connectivity index (χ0v) is 22.5. The lowest BCUT2D eigenvalue weighted by Gasteiger charge is -2.46. The Morgan fingerprint density at radius 1 is 0.464 bits per heavy atom. The van der Waals surface area contributed by atoms with E-state index in [1.54, 1.807) is 0 Å². The van der Waals surface area contributed by atoms with E-state index in [1.165, 1.54) is 0 Å². The van der Waals surface area contributed by atoms with Gasteiger partial charge in [-0.25, -0.2) is 0 Å². The second-order valence-electron chi connectivity index (χ2n) is 10.7. The van der Waals surface area contributed by atoms with E-state index in [2.05, 4.69) is 95.2 Å². The molecule has 1 rings (SSSR count). The van der Waals surface area contributed by atoms with Gasteiger partial charge in [-0.3, -0.25) is 0 Å². The number of hydrogen-bond acceptors (Lipinski definition) is 2. The molecule has 1 aromatic carbocycles. The van der Waals surface area contributed by atoms with Crippen molar-refractivity contribution in [1.82, 2.24) is 0 Å². The van der Waals surface area contributed by atoms with Crippen LogP contribution in [-0.2, 0) is 0 Å². The molecule has 2 N–H and O–H groups in total. The van der Waals surface area contributed by atoms with E-state index in [-0.39, 0.29) is 11.5 Å². The summed E-state index contributed by atoms with van der Waals surface area (Å²) in [7, 11) is -4.08. The Morgan fingerprint density at radius 2 is 0.643 bits per heavy atom. The van der Waals surface area contributed by atoms with Crippen molar-refractivity contribution in [2.24, 2.45) is 0 Å². The molecule has 0 fully saturated rings. The maximum Gasteiger partial charge on any atom is 0.156 e. The Balaban J connectivity index is 3.92. The van der Waals surface area contributed by atoms with E-state index in [0.29, 0.717) is 33.2 Å². The fourth-order valence-electron chi connectivity index (χ4n) is 7.14. The standard InChI is InChI=1S/C24H46O2Si2/c1-15(2)27(16(3)4,17(5)6)21-13-14-22(24(26)23(21)25)28(18(7)8,19(9)10)20(11)12/h13-20,25-26H,1-12H3. The zero-order chi connectivity index (χ0) is 22.2. The maximum atomic E-state index is 11.4. The third-order valence-electron chi connectivity index (χ3n) is 7.82. The van der Waals surface area contributed by atoms with Crippen molar-refractivity contribution in [3.8, 4) is 11.5 Å². The maximum absolute atomic E-state index is 11.4. The molecular formula is C24H46O2Si2. The summed E-state index contributed by atoms with van der Waals surface area (Å²) in [5.41, 5.74) is 2.95. The van der Waals surface area contributed by atoms with Crippen LogP contribution in [0.5, 0.6) is 11.5 Å². The summed E-state index contributed by atoms with van der Waals surface area (Å²) in [6.45, 7) is 27.6. The molecule has 0 aliphatic rings. The molecule has 0 amide bonds. The second-order valence-corrected chi connectivity index (χ2v) is 22.4. The van der Waals surface area contributed by atoms with Gasteiger partial charge in [0.25, 0.3) is 0 Å². The van der Waals surface area contributed by atoms with Crippen LogP contribution in [0.4, 0.5) is 0 Å². The molecule has 2 nitrogen and oxygen atoms in total. The molecule has 0 atom stereocenters. The van der Waals surface area contributed by atoms with Gasteiger partial charge in [0.1, 0.15) is 0 Å². The molecule has 28 heavy (non-hydrogen) atoms. The third-order valence-corrected chi connectivity index (χ3v) is 22.0. The van der Waals surface area contributed by atoms with Crippen LogP contribution in [0.3, 0.4) is 0 Å². The minimum atomic E-state index is -2.04. The van der Waals surface area contributed by atoms with Crippen molar-refractivity contribution < 1.29 is 10.2 Å². The lowest BCUT2D eigenvalue weighted by molar-refractivity contribution is 0.408. The monoisotopic (exact) mass is 422 g/mol. The van der Waals surface area contributed by atoms with Crippen molar-refractivity contribution in [2.45, 2.75) is 116 Å². The first-order valence-corrected chi connectivity index (χ1v) is 15.7. The molecule has 0 aliphatic heterocycles. The van der Waals surface area contributed by atoms with Crippen LogP contribution in [0.1, 0.15) is 83.1 Å². The largest absolute Gasteiger partial charge is 0.504 e. The summed E-state index contributed by atoms with van der Waals surface area (Å²) in [5.74, 6) is 0.359. The van der Waals surface area contributed by atoms with E-state index in [4.69, 9.17) is 0 Å². The van der Waals surface area contributed by atoms with E-state index < -0.39 is 16.1 Å². The molecule has 0 aromatic heterocycles. The van der Waals surface area contributed by atoms with Gasteiger partial charge in [0.05, 0.1) is 16.1 Å². The van der Waals surface area contributed by atoms with Gasteiger partial charge < -0.3 is 10.2 Å². The molecule has 162 valence electrons. The van der Waals surface area contributed by atoms with Gasteiger partial charge in [-0.15, -0.1) is 0 Å². The Kier molecular flexibility index (Phi) is 8.08. The molecule has 0 saturated carbocycles. The lowest BCUT2D eigenvalue weighted by Crippen LogP contribution is -2.58. The van der Waals surface area contributed by atoms with Gasteiger partial charge >= 0.3 is 0 Å². The molecule has 0 bridgehead atoms. The van der Waals surface area contributed by atoms with Crippen LogP contribution in [0.15, 0.2) is 12.1 Å². The Labute approximate surface area is 176 Å². The summed E-state index contributed by atoms with van der Waals surface area (Å²) < 4.78 is 0. The first kappa shape index (κ1) is 25.3. The van der Waals surface area contributed by atoms with E-state index in [0.717, 1.165) is 10.4 Å². The molecule has 0 spiro atoms. The zero-order valence-electron chi connectivity index (χ0n) is 20.5. The highest BCUT2D eigenvalue weighted by Crippen LogP contribution is 2.46. The summed E-state index contributed by atoms with van der Waals surface area (Å²) >= 11 is 0. The van der Waals surface area contributed by atoms with Gasteiger partial charge in [-0.05, 0) is 43.6 Å². The van der Waals surface area contributed by atoms with Crippen molar-refractivity contribution in [1.29, 1.82) is 0 Å². The van der Waals surface area contributed by atoms with E-state index >= 15 is 0 Å². The first-order chi connectivity index (χ1) is 12.7. The predicted molar refractivity (Wildman–Crippen MR) is 131 cm³/mol. The number of phenols is 2. The third kappa shape index (κ3) is 3.60. The van der Waals surface area contributed by atoms with E-state index in [9.17, 15) is 10.2 Å². The first-order valence-electron chi connectivity index (χ1n) is 11.3. The minimum absolute atomic E-state index is 0.180. The van der Waals surface area contributed by atoms with Gasteiger partial charge in [-0.1, -0.05) is 95.2 Å². The predicted octanol–water partition coefficient (Wildman–Crippen LogP) is 6.87. The topological polar surface area (TPSA) is 40.5 Å².